The van der Waals surface area contributed by atoms with Crippen molar-refractivity contribution in [3.63, 3.8) is 0 Å². The Morgan fingerprint density at radius 1 is 1.42 bits per heavy atom. The van der Waals surface area contributed by atoms with Gasteiger partial charge in [0.05, 0.1) is 6.61 Å². The van der Waals surface area contributed by atoms with Crippen LogP contribution < -0.4 is 0 Å². The van der Waals surface area contributed by atoms with E-state index in [0.29, 0.717) is 18.9 Å². The number of hydrogen-bond donors (Lipinski definition) is 1. The molecular weight excluding hydrogens is 156 g/mol. The van der Waals surface area contributed by atoms with Gasteiger partial charge in [-0.15, -0.1) is 0 Å². The smallest absolute Gasteiger partial charge is 0.334 e. The molecule has 0 fully saturated rings. The summed E-state index contributed by atoms with van der Waals surface area (Å²) in [6, 6.07) is 0. The van der Waals surface area contributed by atoms with E-state index in [1.165, 1.54) is 0 Å². The molecule has 0 aliphatic heterocycles. The van der Waals surface area contributed by atoms with Crippen LogP contribution in [0.15, 0.2) is 0 Å². The number of aliphatic hydroxyl groups is 1. The van der Waals surface area contributed by atoms with E-state index in [-0.39, 0.29) is 0 Å². The molecule has 3 heteroatoms. The zero-order valence-electron chi connectivity index (χ0n) is 8.04. The van der Waals surface area contributed by atoms with Gasteiger partial charge in [0.25, 0.3) is 0 Å². The van der Waals surface area contributed by atoms with Gasteiger partial charge in [-0.2, -0.15) is 0 Å². The van der Waals surface area contributed by atoms with Crippen LogP contribution in [0.2, 0.25) is 0 Å². The molecule has 1 atom stereocenters. The number of carbonyl (C=O) groups excluding carboxylic acids is 1. The van der Waals surface area contributed by atoms with Gasteiger partial charge in [0.1, 0.15) is 0 Å². The standard InChI is InChI=1S/C9H18O3/c1-4-12-9(11)8(10)6-5-7(2)3/h7-8,10H,4-6H2,1-3H3. The number of esters is 1. The van der Waals surface area contributed by atoms with Crippen molar-refractivity contribution in [3.05, 3.63) is 0 Å². The third-order valence-electron chi connectivity index (χ3n) is 1.58. The van der Waals surface area contributed by atoms with Crippen molar-refractivity contribution in [2.45, 2.75) is 39.7 Å². The molecule has 0 bridgehead atoms. The van der Waals surface area contributed by atoms with E-state index in [2.05, 4.69) is 18.6 Å². The van der Waals surface area contributed by atoms with Crippen molar-refractivity contribution >= 4 is 5.97 Å². The Morgan fingerprint density at radius 3 is 2.42 bits per heavy atom. The summed E-state index contributed by atoms with van der Waals surface area (Å²) < 4.78 is 4.65. The molecular formula is C9H18O3. The van der Waals surface area contributed by atoms with Gasteiger partial charge in [0.2, 0.25) is 0 Å². The summed E-state index contributed by atoms with van der Waals surface area (Å²) in [5.41, 5.74) is 0. The first-order chi connectivity index (χ1) is 5.57. The lowest BCUT2D eigenvalue weighted by Crippen LogP contribution is -2.23. The van der Waals surface area contributed by atoms with E-state index in [1.807, 2.05) is 0 Å². The average molecular weight is 174 g/mol. The molecule has 0 heterocycles. The maximum Gasteiger partial charge on any atom is 0.334 e. The fraction of sp³-hybridized carbons (Fsp3) is 0.889. The highest BCUT2D eigenvalue weighted by molar-refractivity contribution is 5.74. The SMILES string of the molecule is CCOC(=O)C(O)CCC(C)C. The Bertz CT molecular complexity index is 132. The van der Waals surface area contributed by atoms with Gasteiger partial charge in [0.15, 0.2) is 6.10 Å². The van der Waals surface area contributed by atoms with Crippen LogP contribution in [0, 0.1) is 5.92 Å². The fourth-order valence-corrected chi connectivity index (χ4v) is 0.848. The van der Waals surface area contributed by atoms with Crippen LogP contribution >= 0.6 is 0 Å². The number of aliphatic hydroxyl groups excluding tert-OH is 1. The monoisotopic (exact) mass is 174 g/mol. The van der Waals surface area contributed by atoms with Crippen LogP contribution in [0.25, 0.3) is 0 Å². The zero-order chi connectivity index (χ0) is 9.56. The number of ether oxygens (including phenoxy) is 1. The minimum absolute atomic E-state index is 0.331. The zero-order valence-corrected chi connectivity index (χ0v) is 8.04. The molecule has 0 rings (SSSR count). The van der Waals surface area contributed by atoms with Gasteiger partial charge < -0.3 is 9.84 Å². The van der Waals surface area contributed by atoms with Crippen LogP contribution in [0.4, 0.5) is 0 Å². The molecule has 12 heavy (non-hydrogen) atoms. The molecule has 1 N–H and O–H groups in total. The summed E-state index contributed by atoms with van der Waals surface area (Å²) in [4.78, 5) is 10.9. The summed E-state index contributed by atoms with van der Waals surface area (Å²) in [6.45, 7) is 6.17. The van der Waals surface area contributed by atoms with Crippen LogP contribution in [0.3, 0.4) is 0 Å². The van der Waals surface area contributed by atoms with E-state index in [9.17, 15) is 9.90 Å². The Labute approximate surface area is 73.7 Å². The topological polar surface area (TPSA) is 46.5 Å². The summed E-state index contributed by atoms with van der Waals surface area (Å²) >= 11 is 0. The predicted octanol–water partition coefficient (Wildman–Crippen LogP) is 1.35. The lowest BCUT2D eigenvalue weighted by Gasteiger charge is -2.10. The molecule has 0 aliphatic carbocycles. The Morgan fingerprint density at radius 2 is 2.00 bits per heavy atom. The minimum Gasteiger partial charge on any atom is -0.464 e. The van der Waals surface area contributed by atoms with Crippen LogP contribution in [0.1, 0.15) is 33.6 Å². The second kappa shape index (κ2) is 6.00. The molecule has 0 aliphatic rings. The number of carbonyl (C=O) groups is 1. The highest BCUT2D eigenvalue weighted by atomic mass is 16.5. The van der Waals surface area contributed by atoms with Gasteiger partial charge in [0, 0.05) is 0 Å². The molecule has 0 spiro atoms. The average Bonchev–Trinajstić information content (AvgIpc) is 2.00. The van der Waals surface area contributed by atoms with E-state index < -0.39 is 12.1 Å². The summed E-state index contributed by atoms with van der Waals surface area (Å²) in [6.07, 6.45) is 0.406. The quantitative estimate of drug-likeness (QED) is 0.640. The first-order valence-electron chi connectivity index (χ1n) is 4.42. The molecule has 0 radical (unpaired) electrons. The highest BCUT2D eigenvalue weighted by Crippen LogP contribution is 2.07. The van der Waals surface area contributed by atoms with Crippen molar-refractivity contribution in [1.82, 2.24) is 0 Å². The van der Waals surface area contributed by atoms with Crippen LogP contribution in [-0.4, -0.2) is 23.8 Å². The molecule has 0 aromatic heterocycles. The van der Waals surface area contributed by atoms with Crippen molar-refractivity contribution in [1.29, 1.82) is 0 Å². The van der Waals surface area contributed by atoms with E-state index in [0.717, 1.165) is 6.42 Å². The van der Waals surface area contributed by atoms with Gasteiger partial charge in [-0.3, -0.25) is 0 Å². The second-order valence-electron chi connectivity index (χ2n) is 3.24. The van der Waals surface area contributed by atoms with E-state index in [4.69, 9.17) is 0 Å². The molecule has 0 aromatic carbocycles. The molecule has 0 amide bonds. The van der Waals surface area contributed by atoms with E-state index >= 15 is 0 Å². The van der Waals surface area contributed by atoms with Gasteiger partial charge in [-0.1, -0.05) is 13.8 Å². The summed E-state index contributed by atoms with van der Waals surface area (Å²) in [5, 5.41) is 9.22. The second-order valence-corrected chi connectivity index (χ2v) is 3.24. The van der Waals surface area contributed by atoms with E-state index in [1.54, 1.807) is 6.92 Å². The summed E-state index contributed by atoms with van der Waals surface area (Å²) in [5.74, 6) is 0.00669. The normalized spacial score (nSPS) is 13.1. The molecule has 0 saturated carbocycles. The fourth-order valence-electron chi connectivity index (χ4n) is 0.848. The Balaban J connectivity index is 3.56. The van der Waals surface area contributed by atoms with Gasteiger partial charge >= 0.3 is 5.97 Å². The predicted molar refractivity (Wildman–Crippen MR) is 46.7 cm³/mol. The molecule has 1 unspecified atom stereocenters. The first kappa shape index (κ1) is 11.4. The first-order valence-corrected chi connectivity index (χ1v) is 4.42. The number of rotatable bonds is 5. The van der Waals surface area contributed by atoms with Crippen molar-refractivity contribution in [3.8, 4) is 0 Å². The van der Waals surface area contributed by atoms with Crippen LogP contribution in [-0.2, 0) is 9.53 Å². The van der Waals surface area contributed by atoms with Crippen LogP contribution in [0.5, 0.6) is 0 Å². The third kappa shape index (κ3) is 5.13. The Hall–Kier alpha value is -0.570. The minimum atomic E-state index is -0.938. The molecule has 72 valence electrons. The van der Waals surface area contributed by atoms with Crippen molar-refractivity contribution in [2.24, 2.45) is 5.92 Å². The third-order valence-corrected chi connectivity index (χ3v) is 1.58. The van der Waals surface area contributed by atoms with Crippen molar-refractivity contribution < 1.29 is 14.6 Å². The molecule has 0 saturated heterocycles. The largest absolute Gasteiger partial charge is 0.464 e. The maximum atomic E-state index is 10.9. The van der Waals surface area contributed by atoms with Gasteiger partial charge in [-0.05, 0) is 25.7 Å². The highest BCUT2D eigenvalue weighted by Gasteiger charge is 2.15. The maximum absolute atomic E-state index is 10.9. The lowest BCUT2D eigenvalue weighted by molar-refractivity contribution is -0.153. The summed E-state index contributed by atoms with van der Waals surface area (Å²) in [7, 11) is 0. The lowest BCUT2D eigenvalue weighted by atomic mass is 10.1. The Kier molecular flexibility index (Phi) is 5.72. The molecule has 3 nitrogen and oxygen atoms in total. The number of hydrogen-bond acceptors (Lipinski definition) is 3. The van der Waals surface area contributed by atoms with Gasteiger partial charge in [-0.25, -0.2) is 4.79 Å². The molecule has 0 aromatic rings. The van der Waals surface area contributed by atoms with Crippen molar-refractivity contribution in [2.75, 3.05) is 6.61 Å².